The van der Waals surface area contributed by atoms with Gasteiger partial charge in [-0.1, -0.05) is 137 Å². The molecule has 1 nitrogen and oxygen atoms in total. The first-order valence-corrected chi connectivity index (χ1v) is 15.7. The van der Waals surface area contributed by atoms with Gasteiger partial charge in [0.15, 0.2) is 0 Å². The number of rotatable bonds is 5. The van der Waals surface area contributed by atoms with E-state index in [0.29, 0.717) is 0 Å². The van der Waals surface area contributed by atoms with Gasteiger partial charge in [0.25, 0.3) is 0 Å². The van der Waals surface area contributed by atoms with E-state index in [0.717, 1.165) is 10.2 Å². The normalized spacial score (nSPS) is 11.3. The fourth-order valence-electron chi connectivity index (χ4n) is 6.33. The highest BCUT2D eigenvalue weighted by Crippen LogP contribution is 2.38. The van der Waals surface area contributed by atoms with Gasteiger partial charge in [-0.05, 0) is 93.0 Å². The number of hydrogen-bond acceptors (Lipinski definition) is 0. The van der Waals surface area contributed by atoms with Crippen molar-refractivity contribution < 1.29 is 0 Å². The number of halogens is 1. The lowest BCUT2D eigenvalue weighted by atomic mass is 9.97. The molecule has 208 valence electrons. The molecular formula is C42H28BrN. The van der Waals surface area contributed by atoms with Gasteiger partial charge >= 0.3 is 0 Å². The average molecular weight is 627 g/mol. The van der Waals surface area contributed by atoms with E-state index in [4.69, 9.17) is 0 Å². The second kappa shape index (κ2) is 11.1. The maximum atomic E-state index is 3.74. The van der Waals surface area contributed by atoms with Gasteiger partial charge in [-0.25, -0.2) is 0 Å². The Morgan fingerprint density at radius 3 is 1.61 bits per heavy atom. The number of hydrogen-bond donors (Lipinski definition) is 0. The Labute approximate surface area is 265 Å². The Kier molecular flexibility index (Phi) is 6.70. The van der Waals surface area contributed by atoms with Crippen LogP contribution in [0, 0.1) is 0 Å². The van der Waals surface area contributed by atoms with Crippen molar-refractivity contribution in [2.24, 2.45) is 0 Å². The number of aromatic nitrogens is 1. The summed E-state index contributed by atoms with van der Waals surface area (Å²) in [6.07, 6.45) is 0. The van der Waals surface area contributed by atoms with Gasteiger partial charge in [0, 0.05) is 20.9 Å². The van der Waals surface area contributed by atoms with Crippen molar-refractivity contribution in [1.82, 2.24) is 4.57 Å². The summed E-state index contributed by atoms with van der Waals surface area (Å²) in [4.78, 5) is 0. The van der Waals surface area contributed by atoms with Crippen LogP contribution in [-0.2, 0) is 0 Å². The minimum atomic E-state index is 1.10. The quantitative estimate of drug-likeness (QED) is 0.179. The third-order valence-electron chi connectivity index (χ3n) is 8.44. The molecule has 1 heterocycles. The molecule has 0 spiro atoms. The van der Waals surface area contributed by atoms with Crippen LogP contribution in [0.1, 0.15) is 0 Å². The van der Waals surface area contributed by atoms with Gasteiger partial charge in [-0.3, -0.25) is 0 Å². The smallest absolute Gasteiger partial charge is 0.0541 e. The van der Waals surface area contributed by atoms with Gasteiger partial charge in [0.2, 0.25) is 0 Å². The highest BCUT2D eigenvalue weighted by atomic mass is 79.9. The van der Waals surface area contributed by atoms with Crippen LogP contribution in [0.2, 0.25) is 0 Å². The molecule has 0 N–H and O–H groups in total. The standard InChI is InChI=1S/C42H28BrN/c43-40-20-9-7-18-37(40)33-17-11-16-31(24-33)32-22-23-42-39(28-32)38-19-8-10-21-41(38)44(42)36-26-34(29-12-3-1-4-13-29)25-35(27-36)30-14-5-2-6-15-30/h1-28H. The van der Waals surface area contributed by atoms with Crippen molar-refractivity contribution in [2.75, 3.05) is 0 Å². The maximum absolute atomic E-state index is 3.74. The summed E-state index contributed by atoms with van der Waals surface area (Å²) < 4.78 is 3.52. The van der Waals surface area contributed by atoms with Crippen LogP contribution < -0.4 is 0 Å². The molecule has 0 atom stereocenters. The van der Waals surface area contributed by atoms with Gasteiger partial charge in [-0.15, -0.1) is 0 Å². The summed E-state index contributed by atoms with van der Waals surface area (Å²) in [5.74, 6) is 0. The monoisotopic (exact) mass is 625 g/mol. The molecular weight excluding hydrogens is 598 g/mol. The van der Waals surface area contributed by atoms with Crippen molar-refractivity contribution in [3.8, 4) is 50.2 Å². The Balaban J connectivity index is 1.33. The van der Waals surface area contributed by atoms with E-state index >= 15 is 0 Å². The molecule has 0 fully saturated rings. The highest BCUT2D eigenvalue weighted by molar-refractivity contribution is 9.10. The molecule has 0 radical (unpaired) electrons. The van der Waals surface area contributed by atoms with Crippen LogP contribution in [0.3, 0.4) is 0 Å². The van der Waals surface area contributed by atoms with Crippen LogP contribution in [-0.4, -0.2) is 4.57 Å². The predicted molar refractivity (Wildman–Crippen MR) is 190 cm³/mol. The van der Waals surface area contributed by atoms with Crippen molar-refractivity contribution in [3.05, 3.63) is 174 Å². The third kappa shape index (κ3) is 4.74. The molecule has 0 amide bonds. The van der Waals surface area contributed by atoms with Crippen LogP contribution >= 0.6 is 15.9 Å². The van der Waals surface area contributed by atoms with Crippen LogP contribution in [0.5, 0.6) is 0 Å². The zero-order chi connectivity index (χ0) is 29.5. The van der Waals surface area contributed by atoms with Crippen molar-refractivity contribution >= 4 is 37.7 Å². The molecule has 2 heteroatoms. The Morgan fingerprint density at radius 2 is 0.886 bits per heavy atom. The molecule has 8 aromatic rings. The molecule has 0 bridgehead atoms. The number of fused-ring (bicyclic) bond motifs is 3. The molecule has 7 aromatic carbocycles. The molecule has 0 saturated heterocycles. The molecule has 1 aromatic heterocycles. The Hall–Kier alpha value is -5.18. The van der Waals surface area contributed by atoms with Crippen LogP contribution in [0.15, 0.2) is 174 Å². The zero-order valence-electron chi connectivity index (χ0n) is 24.0. The van der Waals surface area contributed by atoms with E-state index in [1.165, 1.54) is 66.3 Å². The summed E-state index contributed by atoms with van der Waals surface area (Å²) in [5, 5.41) is 2.49. The van der Waals surface area contributed by atoms with Gasteiger partial charge in [0.05, 0.1) is 11.0 Å². The Bertz CT molecular complexity index is 2220. The van der Waals surface area contributed by atoms with E-state index in [9.17, 15) is 0 Å². The second-order valence-corrected chi connectivity index (χ2v) is 12.0. The number of para-hydroxylation sites is 1. The summed E-state index contributed by atoms with van der Waals surface area (Å²) in [7, 11) is 0. The van der Waals surface area contributed by atoms with Crippen molar-refractivity contribution in [3.63, 3.8) is 0 Å². The molecule has 0 aliphatic heterocycles. The minimum absolute atomic E-state index is 1.10. The summed E-state index contributed by atoms with van der Waals surface area (Å²) in [6, 6.07) is 61.2. The second-order valence-electron chi connectivity index (χ2n) is 11.1. The minimum Gasteiger partial charge on any atom is -0.309 e. The van der Waals surface area contributed by atoms with Gasteiger partial charge in [-0.2, -0.15) is 0 Å². The van der Waals surface area contributed by atoms with E-state index in [2.05, 4.69) is 190 Å². The number of benzene rings is 7. The van der Waals surface area contributed by atoms with E-state index in [-0.39, 0.29) is 0 Å². The van der Waals surface area contributed by atoms with E-state index in [1.807, 2.05) is 0 Å². The maximum Gasteiger partial charge on any atom is 0.0541 e. The predicted octanol–water partition coefficient (Wildman–Crippen LogP) is 12.2. The lowest BCUT2D eigenvalue weighted by Crippen LogP contribution is -1.96. The van der Waals surface area contributed by atoms with Crippen molar-refractivity contribution in [1.29, 1.82) is 0 Å². The largest absolute Gasteiger partial charge is 0.309 e. The summed E-state index contributed by atoms with van der Waals surface area (Å²) in [5.41, 5.74) is 13.2. The Morgan fingerprint density at radius 1 is 0.341 bits per heavy atom. The molecule has 44 heavy (non-hydrogen) atoms. The first-order chi connectivity index (χ1) is 21.7. The van der Waals surface area contributed by atoms with Crippen LogP contribution in [0.25, 0.3) is 72.0 Å². The van der Waals surface area contributed by atoms with Crippen molar-refractivity contribution in [2.45, 2.75) is 0 Å². The fourth-order valence-corrected chi connectivity index (χ4v) is 6.84. The van der Waals surface area contributed by atoms with Gasteiger partial charge in [0.1, 0.15) is 0 Å². The molecule has 0 aliphatic carbocycles. The SMILES string of the molecule is Brc1ccccc1-c1cccc(-c2ccc3c(c2)c2ccccc2n3-c2cc(-c3ccccc3)cc(-c3ccccc3)c2)c1. The molecule has 0 aliphatic rings. The van der Waals surface area contributed by atoms with E-state index in [1.54, 1.807) is 0 Å². The summed E-state index contributed by atoms with van der Waals surface area (Å²) >= 11 is 3.74. The first kappa shape index (κ1) is 26.4. The summed E-state index contributed by atoms with van der Waals surface area (Å²) in [6.45, 7) is 0. The topological polar surface area (TPSA) is 4.93 Å². The van der Waals surface area contributed by atoms with Crippen LogP contribution in [0.4, 0.5) is 0 Å². The first-order valence-electron chi connectivity index (χ1n) is 14.9. The van der Waals surface area contributed by atoms with Gasteiger partial charge < -0.3 is 4.57 Å². The molecule has 0 saturated carbocycles. The fraction of sp³-hybridized carbons (Fsp3) is 0. The third-order valence-corrected chi connectivity index (χ3v) is 9.14. The highest BCUT2D eigenvalue weighted by Gasteiger charge is 2.16. The molecule has 0 unspecified atom stereocenters. The lowest BCUT2D eigenvalue weighted by Gasteiger charge is -2.14. The lowest BCUT2D eigenvalue weighted by molar-refractivity contribution is 1.18. The van der Waals surface area contributed by atoms with E-state index < -0.39 is 0 Å². The molecule has 8 rings (SSSR count). The average Bonchev–Trinajstić information content (AvgIpc) is 3.43. The number of nitrogens with zero attached hydrogens (tertiary/aromatic N) is 1. The zero-order valence-corrected chi connectivity index (χ0v) is 25.6.